The number of nitrogens with zero attached hydrogens (tertiary/aromatic N) is 3. The largest absolute Gasteiger partial charge is 0.497 e. The van der Waals surface area contributed by atoms with E-state index in [1.165, 1.54) is 0 Å². The summed E-state index contributed by atoms with van der Waals surface area (Å²) in [6.45, 7) is 4.14. The van der Waals surface area contributed by atoms with Crippen molar-refractivity contribution < 1.29 is 14.3 Å². The summed E-state index contributed by atoms with van der Waals surface area (Å²) in [7, 11) is 1.65. The molecule has 0 N–H and O–H groups in total. The Morgan fingerprint density at radius 2 is 1.88 bits per heavy atom. The van der Waals surface area contributed by atoms with Gasteiger partial charge in [0.15, 0.2) is 0 Å². The number of ether oxygens (including phenoxy) is 2. The summed E-state index contributed by atoms with van der Waals surface area (Å²) >= 11 is 0. The molecule has 0 bridgehead atoms. The van der Waals surface area contributed by atoms with E-state index in [0.29, 0.717) is 13.0 Å². The Balaban J connectivity index is 1.43. The number of benzene rings is 1. The van der Waals surface area contributed by atoms with Crippen molar-refractivity contribution in [3.63, 3.8) is 0 Å². The fourth-order valence-electron chi connectivity index (χ4n) is 3.08. The van der Waals surface area contributed by atoms with Crippen LogP contribution in [0.3, 0.4) is 0 Å². The van der Waals surface area contributed by atoms with Crippen molar-refractivity contribution in [2.24, 2.45) is 0 Å². The van der Waals surface area contributed by atoms with Gasteiger partial charge in [0.25, 0.3) is 0 Å². The lowest BCUT2D eigenvalue weighted by Crippen LogP contribution is -2.42. The highest BCUT2D eigenvalue weighted by Gasteiger charge is 2.23. The van der Waals surface area contributed by atoms with Crippen LogP contribution in [-0.4, -0.2) is 46.7 Å². The summed E-state index contributed by atoms with van der Waals surface area (Å²) in [5.41, 5.74) is 0. The second kappa shape index (κ2) is 8.05. The van der Waals surface area contributed by atoms with Crippen molar-refractivity contribution in [2.75, 3.05) is 20.2 Å². The maximum Gasteiger partial charge on any atom is 0.224 e. The molecule has 2 heterocycles. The Bertz CT molecular complexity index is 688. The smallest absolute Gasteiger partial charge is 0.224 e. The molecule has 0 radical (unpaired) electrons. The van der Waals surface area contributed by atoms with Crippen LogP contribution in [0.5, 0.6) is 11.5 Å². The number of methoxy groups -OCH3 is 1. The summed E-state index contributed by atoms with van der Waals surface area (Å²) in [6, 6.07) is 7.63. The van der Waals surface area contributed by atoms with Crippen LogP contribution in [0.25, 0.3) is 0 Å². The van der Waals surface area contributed by atoms with E-state index < -0.39 is 0 Å². The predicted molar refractivity (Wildman–Crippen MR) is 94.8 cm³/mol. The van der Waals surface area contributed by atoms with E-state index in [2.05, 4.69) is 4.98 Å². The standard InChI is InChI=1S/C19H25N3O3/c1-15-20-10-14-21(15)13-9-19(23)22-11-7-18(8-12-22)25-17-5-3-16(24-2)4-6-17/h3-6,10,14,18H,7-9,11-13H2,1-2H3. The Morgan fingerprint density at radius 3 is 2.48 bits per heavy atom. The van der Waals surface area contributed by atoms with E-state index in [0.717, 1.165) is 43.3 Å². The van der Waals surface area contributed by atoms with E-state index in [4.69, 9.17) is 9.47 Å². The number of carbonyl (C=O) groups excluding carboxylic acids is 1. The molecule has 3 rings (SSSR count). The van der Waals surface area contributed by atoms with Gasteiger partial charge < -0.3 is 18.9 Å². The quantitative estimate of drug-likeness (QED) is 0.809. The van der Waals surface area contributed by atoms with E-state index in [1.54, 1.807) is 13.3 Å². The summed E-state index contributed by atoms with van der Waals surface area (Å²) in [5.74, 6) is 2.82. The minimum atomic E-state index is 0.160. The number of carbonyl (C=O) groups is 1. The maximum absolute atomic E-state index is 12.4. The number of rotatable bonds is 6. The molecule has 1 aliphatic rings. The zero-order valence-corrected chi connectivity index (χ0v) is 14.9. The second-order valence-electron chi connectivity index (χ2n) is 6.29. The molecule has 6 heteroatoms. The third kappa shape index (κ3) is 4.53. The summed E-state index contributed by atoms with van der Waals surface area (Å²) in [4.78, 5) is 18.5. The molecule has 0 saturated carbocycles. The monoisotopic (exact) mass is 343 g/mol. The molecule has 1 aromatic carbocycles. The molecule has 2 aromatic rings. The highest BCUT2D eigenvalue weighted by Crippen LogP contribution is 2.22. The van der Waals surface area contributed by atoms with Gasteiger partial charge in [-0.2, -0.15) is 0 Å². The van der Waals surface area contributed by atoms with E-state index >= 15 is 0 Å². The molecule has 0 unspecified atom stereocenters. The zero-order valence-electron chi connectivity index (χ0n) is 14.9. The lowest BCUT2D eigenvalue weighted by molar-refractivity contribution is -0.133. The van der Waals surface area contributed by atoms with Crippen molar-refractivity contribution in [1.82, 2.24) is 14.5 Å². The van der Waals surface area contributed by atoms with Gasteiger partial charge in [-0.15, -0.1) is 0 Å². The SMILES string of the molecule is COc1ccc(OC2CCN(C(=O)CCn3ccnc3C)CC2)cc1. The Labute approximate surface area is 148 Å². The second-order valence-corrected chi connectivity index (χ2v) is 6.29. The molecule has 25 heavy (non-hydrogen) atoms. The molecular weight excluding hydrogens is 318 g/mol. The highest BCUT2D eigenvalue weighted by molar-refractivity contribution is 5.76. The maximum atomic E-state index is 12.4. The van der Waals surface area contributed by atoms with Gasteiger partial charge in [0, 0.05) is 51.3 Å². The van der Waals surface area contributed by atoms with Crippen LogP contribution in [0.2, 0.25) is 0 Å². The molecule has 1 saturated heterocycles. The molecule has 134 valence electrons. The van der Waals surface area contributed by atoms with Gasteiger partial charge in [-0.1, -0.05) is 0 Å². The number of piperidine rings is 1. The average molecular weight is 343 g/mol. The first-order valence-corrected chi connectivity index (χ1v) is 8.72. The van der Waals surface area contributed by atoms with E-state index in [1.807, 2.05) is 46.9 Å². The average Bonchev–Trinajstić information content (AvgIpc) is 3.06. The lowest BCUT2D eigenvalue weighted by atomic mass is 10.1. The van der Waals surface area contributed by atoms with Crippen LogP contribution >= 0.6 is 0 Å². The normalized spacial score (nSPS) is 15.2. The fraction of sp³-hybridized carbons (Fsp3) is 0.474. The number of aryl methyl sites for hydroxylation is 2. The summed E-state index contributed by atoms with van der Waals surface area (Å²) in [5, 5.41) is 0. The van der Waals surface area contributed by atoms with Crippen LogP contribution in [0.4, 0.5) is 0 Å². The minimum absolute atomic E-state index is 0.160. The molecule has 6 nitrogen and oxygen atoms in total. The third-order valence-electron chi connectivity index (χ3n) is 4.65. The molecule has 0 spiro atoms. The van der Waals surface area contributed by atoms with E-state index in [-0.39, 0.29) is 12.0 Å². The predicted octanol–water partition coefficient (Wildman–Crippen LogP) is 2.66. The number of amides is 1. The van der Waals surface area contributed by atoms with Gasteiger partial charge in [-0.05, 0) is 31.2 Å². The molecular formula is C19H25N3O3. The van der Waals surface area contributed by atoms with Gasteiger partial charge in [-0.3, -0.25) is 4.79 Å². The first-order valence-electron chi connectivity index (χ1n) is 8.72. The van der Waals surface area contributed by atoms with Crippen LogP contribution in [-0.2, 0) is 11.3 Å². The fourth-order valence-corrected chi connectivity index (χ4v) is 3.08. The molecule has 0 atom stereocenters. The van der Waals surface area contributed by atoms with Crippen molar-refractivity contribution in [1.29, 1.82) is 0 Å². The van der Waals surface area contributed by atoms with Gasteiger partial charge in [-0.25, -0.2) is 4.98 Å². The topological polar surface area (TPSA) is 56.6 Å². The number of likely N-dealkylation sites (tertiary alicyclic amines) is 1. The van der Waals surface area contributed by atoms with Gasteiger partial charge in [0.05, 0.1) is 7.11 Å². The number of hydrogen-bond donors (Lipinski definition) is 0. The Kier molecular flexibility index (Phi) is 5.58. The first-order chi connectivity index (χ1) is 12.2. The third-order valence-corrected chi connectivity index (χ3v) is 4.65. The van der Waals surface area contributed by atoms with Crippen molar-refractivity contribution in [2.45, 2.75) is 38.8 Å². The highest BCUT2D eigenvalue weighted by atomic mass is 16.5. The van der Waals surface area contributed by atoms with Crippen LogP contribution in [0, 0.1) is 6.92 Å². The molecule has 1 fully saturated rings. The molecule has 0 aliphatic carbocycles. The number of imidazole rings is 1. The Hall–Kier alpha value is -2.50. The summed E-state index contributed by atoms with van der Waals surface area (Å²) < 4.78 is 13.2. The van der Waals surface area contributed by atoms with Gasteiger partial charge in [0.2, 0.25) is 5.91 Å². The zero-order chi connectivity index (χ0) is 17.6. The number of hydrogen-bond acceptors (Lipinski definition) is 4. The minimum Gasteiger partial charge on any atom is -0.497 e. The molecule has 1 aromatic heterocycles. The van der Waals surface area contributed by atoms with Crippen molar-refractivity contribution in [3.05, 3.63) is 42.5 Å². The Morgan fingerprint density at radius 1 is 1.20 bits per heavy atom. The van der Waals surface area contributed by atoms with Gasteiger partial charge >= 0.3 is 0 Å². The van der Waals surface area contributed by atoms with Gasteiger partial charge in [0.1, 0.15) is 23.4 Å². The first kappa shape index (κ1) is 17.3. The van der Waals surface area contributed by atoms with Crippen LogP contribution in [0.15, 0.2) is 36.7 Å². The lowest BCUT2D eigenvalue weighted by Gasteiger charge is -2.32. The molecule has 1 aliphatic heterocycles. The van der Waals surface area contributed by atoms with Crippen LogP contribution in [0.1, 0.15) is 25.1 Å². The van der Waals surface area contributed by atoms with Crippen molar-refractivity contribution >= 4 is 5.91 Å². The molecule has 1 amide bonds. The van der Waals surface area contributed by atoms with E-state index in [9.17, 15) is 4.79 Å². The number of aromatic nitrogens is 2. The van der Waals surface area contributed by atoms with Crippen LogP contribution < -0.4 is 9.47 Å². The summed E-state index contributed by atoms with van der Waals surface area (Å²) in [6.07, 6.45) is 6.08. The van der Waals surface area contributed by atoms with Crippen molar-refractivity contribution in [3.8, 4) is 11.5 Å².